The number of para-hydroxylation sites is 2. The summed E-state index contributed by atoms with van der Waals surface area (Å²) in [4.78, 5) is 2.46. The molecule has 0 bridgehead atoms. The molecule has 0 unspecified atom stereocenters. The highest BCUT2D eigenvalue weighted by Gasteiger charge is 2.51. The smallest absolute Gasteiger partial charge is 0.136 e. The third-order valence-electron chi connectivity index (χ3n) is 14.9. The molecule has 3 nitrogen and oxygen atoms in total. The van der Waals surface area contributed by atoms with Crippen LogP contribution >= 0.6 is 0 Å². The fraction of sp³-hybridized carbons (Fsp3) is 0.0154. The highest BCUT2D eigenvalue weighted by Crippen LogP contribution is 2.63. The molecule has 2 aliphatic carbocycles. The minimum atomic E-state index is -0.475. The average molecular weight is 866 g/mol. The third-order valence-corrected chi connectivity index (χ3v) is 14.9. The Hall–Kier alpha value is -8.92. The maximum Gasteiger partial charge on any atom is 0.136 e. The minimum absolute atomic E-state index is 0.475. The van der Waals surface area contributed by atoms with Gasteiger partial charge >= 0.3 is 0 Å². The van der Waals surface area contributed by atoms with Gasteiger partial charge in [-0.1, -0.05) is 164 Å². The zero-order chi connectivity index (χ0) is 44.5. The van der Waals surface area contributed by atoms with Crippen LogP contribution in [0.15, 0.2) is 245 Å². The molecule has 316 valence electrons. The Kier molecular flexibility index (Phi) is 7.71. The van der Waals surface area contributed by atoms with Gasteiger partial charge in [-0.15, -0.1) is 0 Å². The quantitative estimate of drug-likeness (QED) is 0.173. The van der Waals surface area contributed by atoms with Crippen molar-refractivity contribution >= 4 is 71.7 Å². The van der Waals surface area contributed by atoms with Gasteiger partial charge in [0.15, 0.2) is 0 Å². The first-order valence-electron chi connectivity index (χ1n) is 23.4. The number of hydrogen-bond acceptors (Lipinski definition) is 3. The van der Waals surface area contributed by atoms with Gasteiger partial charge in [-0.25, -0.2) is 0 Å². The van der Waals surface area contributed by atoms with Crippen LogP contribution in [0.3, 0.4) is 0 Å². The lowest BCUT2D eigenvalue weighted by atomic mass is 9.70. The number of rotatable bonds is 5. The molecule has 68 heavy (non-hydrogen) atoms. The molecule has 1 spiro atoms. The van der Waals surface area contributed by atoms with Crippen molar-refractivity contribution in [2.24, 2.45) is 0 Å². The Balaban J connectivity index is 0.943. The van der Waals surface area contributed by atoms with Crippen molar-refractivity contribution < 1.29 is 8.83 Å². The zero-order valence-corrected chi connectivity index (χ0v) is 36.8. The molecular weight excluding hydrogens is 827 g/mol. The third kappa shape index (κ3) is 5.18. The van der Waals surface area contributed by atoms with Gasteiger partial charge in [0.05, 0.1) is 11.1 Å². The lowest BCUT2D eigenvalue weighted by Gasteiger charge is -2.32. The predicted octanol–water partition coefficient (Wildman–Crippen LogP) is 17.8. The summed E-state index contributed by atoms with van der Waals surface area (Å²) < 4.78 is 12.7. The number of fused-ring (bicyclic) bond motifs is 17. The van der Waals surface area contributed by atoms with E-state index in [1.807, 2.05) is 12.1 Å². The van der Waals surface area contributed by atoms with Crippen LogP contribution < -0.4 is 4.90 Å². The molecule has 0 N–H and O–H groups in total. The molecule has 13 aromatic rings. The fourth-order valence-corrected chi connectivity index (χ4v) is 11.9. The van der Waals surface area contributed by atoms with Crippen molar-refractivity contribution in [1.29, 1.82) is 0 Å². The summed E-state index contributed by atoms with van der Waals surface area (Å²) >= 11 is 0. The van der Waals surface area contributed by atoms with Gasteiger partial charge in [-0.05, 0) is 145 Å². The molecule has 0 atom stereocenters. The van der Waals surface area contributed by atoms with Crippen LogP contribution in [0.2, 0.25) is 0 Å². The first-order chi connectivity index (χ1) is 33.7. The molecule has 2 aliphatic rings. The molecular formula is C65H39NO2. The van der Waals surface area contributed by atoms with Gasteiger partial charge in [0.25, 0.3) is 0 Å². The minimum Gasteiger partial charge on any atom is -0.456 e. The van der Waals surface area contributed by atoms with Crippen LogP contribution in [0.4, 0.5) is 17.1 Å². The largest absolute Gasteiger partial charge is 0.456 e. The summed E-state index contributed by atoms with van der Waals surface area (Å²) in [6.07, 6.45) is 0. The Morgan fingerprint density at radius 1 is 0.279 bits per heavy atom. The van der Waals surface area contributed by atoms with E-state index in [1.54, 1.807) is 0 Å². The maximum atomic E-state index is 6.51. The van der Waals surface area contributed by atoms with Crippen LogP contribution in [0.25, 0.3) is 99.2 Å². The lowest BCUT2D eigenvalue weighted by molar-refractivity contribution is 0.669. The summed E-state index contributed by atoms with van der Waals surface area (Å²) in [7, 11) is 0. The van der Waals surface area contributed by atoms with Crippen LogP contribution in [0, 0.1) is 0 Å². The van der Waals surface area contributed by atoms with E-state index in [4.69, 9.17) is 8.83 Å². The van der Waals surface area contributed by atoms with Crippen molar-refractivity contribution in [2.45, 2.75) is 5.41 Å². The van der Waals surface area contributed by atoms with Gasteiger partial charge in [0.2, 0.25) is 0 Å². The highest BCUT2D eigenvalue weighted by atomic mass is 16.3. The van der Waals surface area contributed by atoms with Crippen molar-refractivity contribution in [3.8, 4) is 44.5 Å². The monoisotopic (exact) mass is 865 g/mol. The Morgan fingerprint density at radius 3 is 1.49 bits per heavy atom. The summed E-state index contributed by atoms with van der Waals surface area (Å²) in [5, 5.41) is 6.84. The lowest BCUT2D eigenvalue weighted by Crippen LogP contribution is -2.26. The van der Waals surface area contributed by atoms with E-state index in [0.29, 0.717) is 0 Å². The van der Waals surface area contributed by atoms with E-state index in [2.05, 4.69) is 229 Å². The van der Waals surface area contributed by atoms with Gasteiger partial charge in [0.1, 0.15) is 22.3 Å². The van der Waals surface area contributed by atoms with E-state index in [1.165, 1.54) is 55.3 Å². The Morgan fingerprint density at radius 2 is 0.765 bits per heavy atom. The summed E-state index contributed by atoms with van der Waals surface area (Å²) in [6.45, 7) is 0. The zero-order valence-electron chi connectivity index (χ0n) is 36.8. The van der Waals surface area contributed by atoms with Crippen LogP contribution in [0.5, 0.6) is 0 Å². The Bertz CT molecular complexity index is 4160. The van der Waals surface area contributed by atoms with E-state index < -0.39 is 5.41 Å². The van der Waals surface area contributed by atoms with Gasteiger partial charge in [0, 0.05) is 38.5 Å². The molecule has 11 aromatic carbocycles. The van der Waals surface area contributed by atoms with Crippen molar-refractivity contribution in [1.82, 2.24) is 0 Å². The molecule has 0 aliphatic heterocycles. The number of anilines is 3. The maximum absolute atomic E-state index is 6.51. The van der Waals surface area contributed by atoms with Gasteiger partial charge < -0.3 is 13.7 Å². The standard InChI is InChI=1S/C65H39NO2/c1-2-14-42-38-64-55(35-41(42)13-1)54-37-44(28-34-63(54)68-64)47-15-6-11-23-60(47)66(45-29-25-40(26-30-45)43-27-33-62-53(36-43)52-19-7-12-24-61(52)67-62)46-31-32-51-50-18-5-10-22-58(50)65(59(51)39-46)56-20-8-3-16-48(56)49-17-4-9-21-57(49)65/h1-39H. The fourth-order valence-electron chi connectivity index (χ4n) is 11.9. The number of nitrogens with zero attached hydrogens (tertiary/aromatic N) is 1. The van der Waals surface area contributed by atoms with Crippen molar-refractivity contribution in [3.63, 3.8) is 0 Å². The first kappa shape index (κ1) is 37.3. The van der Waals surface area contributed by atoms with E-state index in [-0.39, 0.29) is 0 Å². The van der Waals surface area contributed by atoms with Crippen LogP contribution in [-0.2, 0) is 5.41 Å². The molecule has 0 saturated heterocycles. The van der Waals surface area contributed by atoms with E-state index >= 15 is 0 Å². The summed E-state index contributed by atoms with van der Waals surface area (Å²) in [5.74, 6) is 0. The summed E-state index contributed by atoms with van der Waals surface area (Å²) in [5.41, 5.74) is 21.3. The van der Waals surface area contributed by atoms with Crippen molar-refractivity contribution in [2.75, 3.05) is 4.90 Å². The Labute approximate surface area is 392 Å². The molecule has 0 fully saturated rings. The highest BCUT2D eigenvalue weighted by molar-refractivity contribution is 6.12. The second-order valence-corrected chi connectivity index (χ2v) is 18.3. The molecule has 2 heterocycles. The molecule has 0 radical (unpaired) electrons. The van der Waals surface area contributed by atoms with Crippen LogP contribution in [0.1, 0.15) is 22.3 Å². The van der Waals surface area contributed by atoms with Crippen LogP contribution in [-0.4, -0.2) is 0 Å². The molecule has 2 aromatic heterocycles. The molecule has 0 saturated carbocycles. The van der Waals surface area contributed by atoms with E-state index in [0.717, 1.165) is 83.2 Å². The molecule has 3 heteroatoms. The van der Waals surface area contributed by atoms with E-state index in [9.17, 15) is 0 Å². The second kappa shape index (κ2) is 14.0. The summed E-state index contributed by atoms with van der Waals surface area (Å²) in [6, 6.07) is 86.6. The number of hydrogen-bond donors (Lipinski definition) is 0. The molecule has 15 rings (SSSR count). The average Bonchev–Trinajstić information content (AvgIpc) is 4.13. The topological polar surface area (TPSA) is 29.5 Å². The first-order valence-corrected chi connectivity index (χ1v) is 23.4. The van der Waals surface area contributed by atoms with Crippen molar-refractivity contribution in [3.05, 3.63) is 259 Å². The second-order valence-electron chi connectivity index (χ2n) is 18.3. The number of benzene rings is 11. The normalized spacial score (nSPS) is 13.1. The SMILES string of the molecule is c1ccc(N(c2ccc(-c3ccc4oc5ccccc5c4c3)cc2)c2ccc3c(c2)C2(c4ccccc4-c4ccccc42)c2ccccc2-3)c(-c2ccc3oc4cc5ccccc5cc4c3c2)c1. The predicted molar refractivity (Wildman–Crippen MR) is 280 cm³/mol. The number of furan rings is 2. The molecule has 0 amide bonds. The van der Waals surface area contributed by atoms with Gasteiger partial charge in [-0.2, -0.15) is 0 Å². The van der Waals surface area contributed by atoms with Gasteiger partial charge in [-0.3, -0.25) is 0 Å².